The maximum Gasteiger partial charge on any atom is 0.329 e. The lowest BCUT2D eigenvalue weighted by Gasteiger charge is -2.29. The molecule has 2 aliphatic carbocycles. The van der Waals surface area contributed by atoms with Gasteiger partial charge in [0.05, 0.1) is 0 Å². The van der Waals surface area contributed by atoms with Crippen LogP contribution in [0.25, 0.3) is 0 Å². The van der Waals surface area contributed by atoms with Crippen LogP contribution in [-0.2, 0) is 9.59 Å². The average Bonchev–Trinajstić information content (AvgIpc) is 3.43. The highest BCUT2D eigenvalue weighted by atomic mass is 16.4. The van der Waals surface area contributed by atoms with E-state index in [9.17, 15) is 19.5 Å². The first-order chi connectivity index (χ1) is 12.0. The molecule has 2 fully saturated rings. The van der Waals surface area contributed by atoms with Crippen molar-refractivity contribution in [3.8, 4) is 0 Å². The van der Waals surface area contributed by atoms with Crippen molar-refractivity contribution >= 4 is 23.5 Å². The molecule has 2 amide bonds. The van der Waals surface area contributed by atoms with Crippen LogP contribution in [0.15, 0.2) is 24.3 Å². The van der Waals surface area contributed by atoms with Gasteiger partial charge in [0.1, 0.15) is 5.54 Å². The Morgan fingerprint density at radius 1 is 0.960 bits per heavy atom. The van der Waals surface area contributed by atoms with Crippen LogP contribution in [0.5, 0.6) is 0 Å². The molecule has 0 aliphatic heterocycles. The van der Waals surface area contributed by atoms with E-state index in [0.717, 1.165) is 38.5 Å². The highest BCUT2D eigenvalue weighted by molar-refractivity contribution is 5.99. The molecule has 6 nitrogen and oxygen atoms in total. The van der Waals surface area contributed by atoms with Gasteiger partial charge in [-0.25, -0.2) is 4.79 Å². The molecule has 0 spiro atoms. The van der Waals surface area contributed by atoms with E-state index in [1.165, 1.54) is 0 Å². The standard InChI is InChI=1S/C19H24N2O4/c22-16(13-5-6-13)20-15-9-7-14(8-10-15)17(23)21-19(18(24)25)11-3-1-2-4-12-19/h7-10,13H,1-6,11-12H2,(H,20,22)(H,21,23)(H,24,25). The maximum atomic E-state index is 12.5. The van der Waals surface area contributed by atoms with Crippen molar-refractivity contribution in [2.45, 2.75) is 56.9 Å². The van der Waals surface area contributed by atoms with Gasteiger partial charge in [0.25, 0.3) is 5.91 Å². The van der Waals surface area contributed by atoms with Crippen molar-refractivity contribution in [3.05, 3.63) is 29.8 Å². The summed E-state index contributed by atoms with van der Waals surface area (Å²) in [6, 6.07) is 6.58. The molecule has 1 aromatic carbocycles. The predicted octanol–water partition coefficient (Wildman–Crippen LogP) is 2.94. The van der Waals surface area contributed by atoms with Gasteiger partial charge in [-0.15, -0.1) is 0 Å². The molecule has 3 N–H and O–H groups in total. The normalized spacial score (nSPS) is 19.5. The number of amides is 2. The molecule has 0 aromatic heterocycles. The Balaban J connectivity index is 1.66. The molecule has 0 bridgehead atoms. The summed E-state index contributed by atoms with van der Waals surface area (Å²) in [7, 11) is 0. The van der Waals surface area contributed by atoms with Crippen LogP contribution in [0.1, 0.15) is 61.7 Å². The summed E-state index contributed by atoms with van der Waals surface area (Å²) in [5.41, 5.74) is -0.128. The van der Waals surface area contributed by atoms with Crippen LogP contribution in [0.2, 0.25) is 0 Å². The van der Waals surface area contributed by atoms with Crippen molar-refractivity contribution in [2.75, 3.05) is 5.32 Å². The van der Waals surface area contributed by atoms with Gasteiger partial charge in [-0.3, -0.25) is 9.59 Å². The van der Waals surface area contributed by atoms with E-state index in [4.69, 9.17) is 0 Å². The summed E-state index contributed by atoms with van der Waals surface area (Å²) < 4.78 is 0. The van der Waals surface area contributed by atoms with E-state index in [2.05, 4.69) is 10.6 Å². The summed E-state index contributed by atoms with van der Waals surface area (Å²) in [4.78, 5) is 36.1. The number of carboxylic acid groups (broad SMARTS) is 1. The van der Waals surface area contributed by atoms with Crippen molar-refractivity contribution in [2.24, 2.45) is 5.92 Å². The number of nitrogens with one attached hydrogen (secondary N) is 2. The largest absolute Gasteiger partial charge is 0.480 e. The third kappa shape index (κ3) is 4.18. The fraction of sp³-hybridized carbons (Fsp3) is 0.526. The Hall–Kier alpha value is -2.37. The number of hydrogen-bond donors (Lipinski definition) is 3. The Morgan fingerprint density at radius 3 is 2.08 bits per heavy atom. The average molecular weight is 344 g/mol. The van der Waals surface area contributed by atoms with E-state index in [0.29, 0.717) is 24.1 Å². The van der Waals surface area contributed by atoms with Gasteiger partial charge < -0.3 is 15.7 Å². The lowest BCUT2D eigenvalue weighted by Crippen LogP contribution is -2.54. The molecule has 0 saturated heterocycles. The van der Waals surface area contributed by atoms with E-state index in [1.807, 2.05) is 0 Å². The molecule has 6 heteroatoms. The minimum atomic E-state index is -1.17. The van der Waals surface area contributed by atoms with Crippen molar-refractivity contribution < 1.29 is 19.5 Å². The highest BCUT2D eigenvalue weighted by Gasteiger charge is 2.40. The molecule has 0 unspecified atom stereocenters. The van der Waals surface area contributed by atoms with Crippen LogP contribution in [-0.4, -0.2) is 28.4 Å². The van der Waals surface area contributed by atoms with Crippen molar-refractivity contribution in [1.29, 1.82) is 0 Å². The van der Waals surface area contributed by atoms with Gasteiger partial charge in [0.15, 0.2) is 0 Å². The number of benzene rings is 1. The number of carbonyl (C=O) groups is 3. The highest BCUT2D eigenvalue weighted by Crippen LogP contribution is 2.30. The molecule has 0 atom stereocenters. The predicted molar refractivity (Wildman–Crippen MR) is 93.3 cm³/mol. The van der Waals surface area contributed by atoms with Crippen molar-refractivity contribution in [3.63, 3.8) is 0 Å². The Kier molecular flexibility index (Phi) is 5.06. The van der Waals surface area contributed by atoms with Crippen LogP contribution < -0.4 is 10.6 Å². The summed E-state index contributed by atoms with van der Waals surface area (Å²) in [5, 5.41) is 15.2. The lowest BCUT2D eigenvalue weighted by molar-refractivity contribution is -0.145. The maximum absolute atomic E-state index is 12.5. The second kappa shape index (κ2) is 7.25. The quantitative estimate of drug-likeness (QED) is 0.716. The molecule has 25 heavy (non-hydrogen) atoms. The van der Waals surface area contributed by atoms with E-state index < -0.39 is 11.5 Å². The fourth-order valence-electron chi connectivity index (χ4n) is 3.31. The molecule has 1 aromatic rings. The summed E-state index contributed by atoms with van der Waals surface area (Å²) in [6.07, 6.45) is 6.40. The lowest BCUT2D eigenvalue weighted by atomic mass is 9.90. The first-order valence-corrected chi connectivity index (χ1v) is 8.97. The minimum absolute atomic E-state index is 0.0143. The number of rotatable bonds is 5. The van der Waals surface area contributed by atoms with E-state index in [1.54, 1.807) is 24.3 Å². The second-order valence-corrected chi connectivity index (χ2v) is 7.10. The Morgan fingerprint density at radius 2 is 1.56 bits per heavy atom. The molecule has 2 saturated carbocycles. The number of carboxylic acids is 1. The van der Waals surface area contributed by atoms with Gasteiger partial charge in [0, 0.05) is 17.2 Å². The molecule has 3 rings (SSSR count). The van der Waals surface area contributed by atoms with Gasteiger partial charge in [-0.1, -0.05) is 25.7 Å². The third-order valence-corrected chi connectivity index (χ3v) is 5.08. The van der Waals surface area contributed by atoms with Crippen LogP contribution >= 0.6 is 0 Å². The monoisotopic (exact) mass is 344 g/mol. The van der Waals surface area contributed by atoms with E-state index in [-0.39, 0.29) is 17.7 Å². The molecular formula is C19H24N2O4. The molecule has 134 valence electrons. The van der Waals surface area contributed by atoms with Crippen LogP contribution in [0.3, 0.4) is 0 Å². The number of anilines is 1. The zero-order valence-corrected chi connectivity index (χ0v) is 14.2. The van der Waals surface area contributed by atoms with Gasteiger partial charge in [-0.2, -0.15) is 0 Å². The third-order valence-electron chi connectivity index (χ3n) is 5.08. The summed E-state index contributed by atoms with van der Waals surface area (Å²) in [6.45, 7) is 0. The van der Waals surface area contributed by atoms with Gasteiger partial charge in [0.2, 0.25) is 5.91 Å². The van der Waals surface area contributed by atoms with Crippen LogP contribution in [0.4, 0.5) is 5.69 Å². The summed E-state index contributed by atoms with van der Waals surface area (Å²) in [5.74, 6) is -1.21. The number of aliphatic carboxylic acids is 1. The SMILES string of the molecule is O=C(NC1(C(=O)O)CCCCCC1)c1ccc(NC(=O)C2CC2)cc1. The first-order valence-electron chi connectivity index (χ1n) is 8.97. The molecule has 2 aliphatic rings. The second-order valence-electron chi connectivity index (χ2n) is 7.10. The molecule has 0 radical (unpaired) electrons. The van der Waals surface area contributed by atoms with Crippen molar-refractivity contribution in [1.82, 2.24) is 5.32 Å². The first kappa shape index (κ1) is 17.5. The summed E-state index contributed by atoms with van der Waals surface area (Å²) >= 11 is 0. The number of hydrogen-bond acceptors (Lipinski definition) is 3. The smallest absolute Gasteiger partial charge is 0.329 e. The fourth-order valence-corrected chi connectivity index (χ4v) is 3.31. The number of carbonyl (C=O) groups excluding carboxylic acids is 2. The zero-order chi connectivity index (χ0) is 17.9. The minimum Gasteiger partial charge on any atom is -0.480 e. The molecular weight excluding hydrogens is 320 g/mol. The van der Waals surface area contributed by atoms with E-state index >= 15 is 0 Å². The Labute approximate surface area is 147 Å². The Bertz CT molecular complexity index is 657. The molecule has 0 heterocycles. The van der Waals surface area contributed by atoms with Crippen LogP contribution in [0, 0.1) is 5.92 Å². The zero-order valence-electron chi connectivity index (χ0n) is 14.2. The van der Waals surface area contributed by atoms with Gasteiger partial charge in [-0.05, 0) is 49.9 Å². The van der Waals surface area contributed by atoms with Gasteiger partial charge >= 0.3 is 5.97 Å². The topological polar surface area (TPSA) is 95.5 Å².